The maximum absolute atomic E-state index is 4.50. The summed E-state index contributed by atoms with van der Waals surface area (Å²) in [6.07, 6.45) is 3.85. The van der Waals surface area contributed by atoms with Gasteiger partial charge in [0.05, 0.1) is 0 Å². The topological polar surface area (TPSA) is 37.8 Å². The van der Waals surface area contributed by atoms with E-state index in [0.29, 0.717) is 6.04 Å². The van der Waals surface area contributed by atoms with Crippen molar-refractivity contribution in [3.8, 4) is 10.7 Å². The minimum atomic E-state index is 0.354. The molecule has 0 amide bonds. The first-order chi connectivity index (χ1) is 8.61. The van der Waals surface area contributed by atoms with Gasteiger partial charge in [-0.2, -0.15) is 0 Å². The predicted molar refractivity (Wildman–Crippen MR) is 76.9 cm³/mol. The lowest BCUT2D eigenvalue weighted by Crippen LogP contribution is -2.16. The number of aromatic nitrogens is 2. The quantitative estimate of drug-likeness (QED) is 0.915. The van der Waals surface area contributed by atoms with Crippen molar-refractivity contribution in [1.82, 2.24) is 15.3 Å². The summed E-state index contributed by atoms with van der Waals surface area (Å²) >= 11 is 1.72. The van der Waals surface area contributed by atoms with Gasteiger partial charge in [-0.1, -0.05) is 13.0 Å². The maximum Gasteiger partial charge on any atom is 0.142 e. The summed E-state index contributed by atoms with van der Waals surface area (Å²) in [4.78, 5) is 10.2. The largest absolute Gasteiger partial charge is 0.310 e. The fourth-order valence-electron chi connectivity index (χ4n) is 1.94. The maximum atomic E-state index is 4.50. The van der Waals surface area contributed by atoms with E-state index >= 15 is 0 Å². The molecule has 96 valence electrons. The summed E-state index contributed by atoms with van der Waals surface area (Å²) in [5.41, 5.74) is 3.38. The van der Waals surface area contributed by atoms with Gasteiger partial charge in [-0.15, -0.1) is 11.3 Å². The molecule has 0 aliphatic carbocycles. The van der Waals surface area contributed by atoms with Crippen molar-refractivity contribution >= 4 is 11.3 Å². The minimum absolute atomic E-state index is 0.354. The highest BCUT2D eigenvalue weighted by Gasteiger charge is 2.12. The molecule has 0 aromatic carbocycles. The van der Waals surface area contributed by atoms with Gasteiger partial charge in [0.2, 0.25) is 0 Å². The van der Waals surface area contributed by atoms with Gasteiger partial charge in [0.25, 0.3) is 0 Å². The number of nitrogens with one attached hydrogen (secondary N) is 1. The van der Waals surface area contributed by atoms with Gasteiger partial charge in [-0.05, 0) is 38.4 Å². The zero-order valence-corrected chi connectivity index (χ0v) is 12.1. The Morgan fingerprint density at radius 2 is 2.06 bits per heavy atom. The van der Waals surface area contributed by atoms with Crippen molar-refractivity contribution in [2.24, 2.45) is 0 Å². The molecule has 18 heavy (non-hydrogen) atoms. The number of aryl methyl sites for hydroxylation is 2. The SMILES string of the molecule is CCNC(C)c1cnc(-c2ncc(C)cc2C)s1. The summed E-state index contributed by atoms with van der Waals surface area (Å²) in [5.74, 6) is 0. The van der Waals surface area contributed by atoms with Crippen LogP contribution in [0.3, 0.4) is 0 Å². The molecule has 1 atom stereocenters. The molecular weight excluding hydrogens is 242 g/mol. The van der Waals surface area contributed by atoms with Gasteiger partial charge in [0, 0.05) is 23.3 Å². The zero-order valence-electron chi connectivity index (χ0n) is 11.3. The summed E-state index contributed by atoms with van der Waals surface area (Å²) in [5, 5.41) is 4.41. The fourth-order valence-corrected chi connectivity index (χ4v) is 2.95. The van der Waals surface area contributed by atoms with Gasteiger partial charge < -0.3 is 5.32 Å². The van der Waals surface area contributed by atoms with Crippen molar-refractivity contribution < 1.29 is 0 Å². The minimum Gasteiger partial charge on any atom is -0.310 e. The molecule has 0 bridgehead atoms. The Labute approximate surface area is 112 Å². The summed E-state index contributed by atoms with van der Waals surface area (Å²) in [6, 6.07) is 2.50. The summed E-state index contributed by atoms with van der Waals surface area (Å²) in [6.45, 7) is 9.39. The number of thiazole rings is 1. The van der Waals surface area contributed by atoms with E-state index in [1.807, 2.05) is 12.4 Å². The fraction of sp³-hybridized carbons (Fsp3) is 0.429. The molecule has 0 saturated heterocycles. The van der Waals surface area contributed by atoms with Crippen LogP contribution >= 0.6 is 11.3 Å². The Morgan fingerprint density at radius 1 is 1.28 bits per heavy atom. The standard InChI is InChI=1S/C14H19N3S/c1-5-15-11(4)12-8-17-14(18-12)13-10(3)6-9(2)7-16-13/h6-8,11,15H,5H2,1-4H3. The van der Waals surface area contributed by atoms with Crippen molar-refractivity contribution in [3.05, 3.63) is 34.5 Å². The van der Waals surface area contributed by atoms with Crippen LogP contribution in [0, 0.1) is 13.8 Å². The lowest BCUT2D eigenvalue weighted by atomic mass is 10.2. The third-order valence-corrected chi connectivity index (χ3v) is 4.06. The van der Waals surface area contributed by atoms with Crippen LogP contribution in [0.25, 0.3) is 10.7 Å². The number of nitrogens with zero attached hydrogens (tertiary/aromatic N) is 2. The van der Waals surface area contributed by atoms with Crippen LogP contribution in [0.15, 0.2) is 18.5 Å². The van der Waals surface area contributed by atoms with Crippen molar-refractivity contribution in [2.45, 2.75) is 33.7 Å². The van der Waals surface area contributed by atoms with E-state index in [2.05, 4.69) is 49.0 Å². The molecule has 1 N–H and O–H groups in total. The second-order valence-electron chi connectivity index (χ2n) is 4.53. The van der Waals surface area contributed by atoms with Crippen molar-refractivity contribution in [1.29, 1.82) is 0 Å². The second-order valence-corrected chi connectivity index (χ2v) is 5.59. The zero-order chi connectivity index (χ0) is 13.1. The second kappa shape index (κ2) is 5.59. The molecule has 4 heteroatoms. The molecule has 2 rings (SSSR count). The highest BCUT2D eigenvalue weighted by Crippen LogP contribution is 2.29. The highest BCUT2D eigenvalue weighted by molar-refractivity contribution is 7.15. The van der Waals surface area contributed by atoms with E-state index in [0.717, 1.165) is 17.2 Å². The van der Waals surface area contributed by atoms with Crippen LogP contribution in [0.4, 0.5) is 0 Å². The molecular formula is C14H19N3S. The Bertz CT molecular complexity index is 534. The molecule has 0 aliphatic rings. The highest BCUT2D eigenvalue weighted by atomic mass is 32.1. The number of pyridine rings is 1. The normalized spacial score (nSPS) is 12.7. The smallest absolute Gasteiger partial charge is 0.142 e. The summed E-state index contributed by atoms with van der Waals surface area (Å²) < 4.78 is 0. The molecule has 2 aromatic rings. The van der Waals surface area contributed by atoms with E-state index in [9.17, 15) is 0 Å². The Hall–Kier alpha value is -1.26. The number of rotatable bonds is 4. The third kappa shape index (κ3) is 2.76. The molecule has 0 fully saturated rings. The monoisotopic (exact) mass is 261 g/mol. The van der Waals surface area contributed by atoms with E-state index in [1.165, 1.54) is 16.0 Å². The van der Waals surface area contributed by atoms with Crippen LogP contribution in [0.5, 0.6) is 0 Å². The first kappa shape index (κ1) is 13.2. The number of hydrogen-bond acceptors (Lipinski definition) is 4. The van der Waals surface area contributed by atoms with Crippen LogP contribution < -0.4 is 5.32 Å². The molecule has 0 spiro atoms. The Kier molecular flexibility index (Phi) is 4.09. The van der Waals surface area contributed by atoms with Crippen LogP contribution in [-0.4, -0.2) is 16.5 Å². The Morgan fingerprint density at radius 3 is 2.72 bits per heavy atom. The molecule has 2 heterocycles. The van der Waals surface area contributed by atoms with Gasteiger partial charge in [0.1, 0.15) is 10.7 Å². The molecule has 0 radical (unpaired) electrons. The van der Waals surface area contributed by atoms with E-state index in [1.54, 1.807) is 11.3 Å². The van der Waals surface area contributed by atoms with Gasteiger partial charge >= 0.3 is 0 Å². The van der Waals surface area contributed by atoms with Gasteiger partial charge in [-0.25, -0.2) is 4.98 Å². The lowest BCUT2D eigenvalue weighted by molar-refractivity contribution is 0.606. The average Bonchev–Trinajstić information content (AvgIpc) is 2.78. The lowest BCUT2D eigenvalue weighted by Gasteiger charge is -2.08. The van der Waals surface area contributed by atoms with Crippen LogP contribution in [0.2, 0.25) is 0 Å². The first-order valence-electron chi connectivity index (χ1n) is 6.24. The van der Waals surface area contributed by atoms with E-state index in [4.69, 9.17) is 0 Å². The summed E-state index contributed by atoms with van der Waals surface area (Å²) in [7, 11) is 0. The number of hydrogen-bond donors (Lipinski definition) is 1. The first-order valence-corrected chi connectivity index (χ1v) is 7.06. The van der Waals surface area contributed by atoms with Crippen molar-refractivity contribution in [3.63, 3.8) is 0 Å². The Balaban J connectivity index is 2.29. The predicted octanol–water partition coefficient (Wildman–Crippen LogP) is 3.49. The molecule has 3 nitrogen and oxygen atoms in total. The molecule has 0 aliphatic heterocycles. The van der Waals surface area contributed by atoms with Crippen LogP contribution in [-0.2, 0) is 0 Å². The molecule has 1 unspecified atom stereocenters. The average molecular weight is 261 g/mol. The van der Waals surface area contributed by atoms with E-state index < -0.39 is 0 Å². The molecule has 2 aromatic heterocycles. The van der Waals surface area contributed by atoms with Gasteiger partial charge in [0.15, 0.2) is 0 Å². The van der Waals surface area contributed by atoms with Crippen molar-refractivity contribution in [2.75, 3.05) is 6.54 Å². The third-order valence-electron chi connectivity index (χ3n) is 2.88. The van der Waals surface area contributed by atoms with Crippen LogP contribution in [0.1, 0.15) is 35.9 Å². The molecule has 0 saturated carbocycles. The van der Waals surface area contributed by atoms with E-state index in [-0.39, 0.29) is 0 Å². The van der Waals surface area contributed by atoms with Gasteiger partial charge in [-0.3, -0.25) is 4.98 Å².